The molecular weight excluding hydrogens is 302 g/mol. The summed E-state index contributed by atoms with van der Waals surface area (Å²) in [4.78, 5) is 30.1. The molecule has 2 amide bonds. The van der Waals surface area contributed by atoms with Crippen molar-refractivity contribution < 1.29 is 9.59 Å². The van der Waals surface area contributed by atoms with Crippen LogP contribution in [0.15, 0.2) is 61.4 Å². The second kappa shape index (κ2) is 8.62. The lowest BCUT2D eigenvalue weighted by atomic mass is 10.1. The van der Waals surface area contributed by atoms with Crippen molar-refractivity contribution in [2.24, 2.45) is 0 Å². The molecule has 5 nitrogen and oxygen atoms in total. The van der Waals surface area contributed by atoms with E-state index in [0.29, 0.717) is 30.8 Å². The summed E-state index contributed by atoms with van der Waals surface area (Å²) in [6, 6.07) is 10.7. The van der Waals surface area contributed by atoms with Crippen molar-refractivity contribution in [1.82, 2.24) is 9.88 Å². The lowest BCUT2D eigenvalue weighted by molar-refractivity contribution is -0.115. The summed E-state index contributed by atoms with van der Waals surface area (Å²) >= 11 is 0. The number of benzene rings is 1. The summed E-state index contributed by atoms with van der Waals surface area (Å²) in [5.41, 5.74) is 2.09. The smallest absolute Gasteiger partial charge is 0.254 e. The summed E-state index contributed by atoms with van der Waals surface area (Å²) < 4.78 is 0. The van der Waals surface area contributed by atoms with E-state index in [2.05, 4.69) is 16.9 Å². The number of rotatable bonds is 7. The molecule has 0 bridgehead atoms. The van der Waals surface area contributed by atoms with Gasteiger partial charge in [-0.05, 0) is 29.8 Å². The van der Waals surface area contributed by atoms with Crippen LogP contribution < -0.4 is 5.32 Å². The van der Waals surface area contributed by atoms with Crippen molar-refractivity contribution in [1.29, 1.82) is 0 Å². The summed E-state index contributed by atoms with van der Waals surface area (Å²) in [6.07, 6.45) is 5.52. The molecule has 2 rings (SSSR count). The van der Waals surface area contributed by atoms with Gasteiger partial charge in [0.05, 0.1) is 0 Å². The van der Waals surface area contributed by atoms with Crippen LogP contribution >= 0.6 is 0 Å². The number of hydrogen-bond acceptors (Lipinski definition) is 3. The third-order valence-electron chi connectivity index (χ3n) is 3.45. The molecule has 1 N–H and O–H groups in total. The predicted molar refractivity (Wildman–Crippen MR) is 94.5 cm³/mol. The van der Waals surface area contributed by atoms with Crippen LogP contribution in [0.3, 0.4) is 0 Å². The van der Waals surface area contributed by atoms with Gasteiger partial charge >= 0.3 is 0 Å². The first-order valence-corrected chi connectivity index (χ1v) is 7.83. The maximum Gasteiger partial charge on any atom is 0.254 e. The van der Waals surface area contributed by atoms with Gasteiger partial charge in [0.25, 0.3) is 5.91 Å². The number of anilines is 1. The van der Waals surface area contributed by atoms with Gasteiger partial charge in [-0.1, -0.05) is 25.1 Å². The van der Waals surface area contributed by atoms with Crippen molar-refractivity contribution >= 4 is 17.5 Å². The topological polar surface area (TPSA) is 62.3 Å². The Balaban J connectivity index is 2.18. The molecule has 5 heteroatoms. The van der Waals surface area contributed by atoms with E-state index >= 15 is 0 Å². The molecule has 1 aromatic carbocycles. The van der Waals surface area contributed by atoms with Crippen LogP contribution in [0.4, 0.5) is 5.69 Å². The Morgan fingerprint density at radius 2 is 2.12 bits per heavy atom. The van der Waals surface area contributed by atoms with E-state index in [1.807, 2.05) is 12.1 Å². The van der Waals surface area contributed by atoms with Crippen LogP contribution in [0.25, 0.3) is 0 Å². The second-order valence-electron chi connectivity index (χ2n) is 5.32. The molecule has 1 aromatic heterocycles. The Hall–Kier alpha value is -2.95. The van der Waals surface area contributed by atoms with Crippen molar-refractivity contribution in [3.05, 3.63) is 72.6 Å². The Kier molecular flexibility index (Phi) is 6.25. The molecule has 0 aliphatic rings. The molecule has 124 valence electrons. The molecule has 0 spiro atoms. The molecule has 24 heavy (non-hydrogen) atoms. The molecule has 0 aliphatic carbocycles. The number of aromatic nitrogens is 1. The Bertz CT molecular complexity index is 714. The van der Waals surface area contributed by atoms with Crippen molar-refractivity contribution in [3.63, 3.8) is 0 Å². The third-order valence-corrected chi connectivity index (χ3v) is 3.45. The Labute approximate surface area is 142 Å². The average Bonchev–Trinajstić information content (AvgIpc) is 2.61. The van der Waals surface area contributed by atoms with Crippen LogP contribution in [0, 0.1) is 0 Å². The van der Waals surface area contributed by atoms with Gasteiger partial charge in [-0.15, -0.1) is 6.58 Å². The standard InChI is InChI=1S/C19H21N3O2/c1-3-11-22(14-15-7-6-10-20-13-15)19(24)16-8-5-9-17(12-16)21-18(23)4-2/h3,5-10,12-13H,1,4,11,14H2,2H3,(H,21,23). The van der Waals surface area contributed by atoms with E-state index in [1.165, 1.54) is 0 Å². The molecule has 0 atom stereocenters. The maximum atomic E-state index is 12.8. The van der Waals surface area contributed by atoms with Crippen molar-refractivity contribution in [3.8, 4) is 0 Å². The van der Waals surface area contributed by atoms with E-state index in [9.17, 15) is 9.59 Å². The van der Waals surface area contributed by atoms with Gasteiger partial charge in [0, 0.05) is 43.2 Å². The minimum absolute atomic E-state index is 0.0853. The van der Waals surface area contributed by atoms with E-state index in [-0.39, 0.29) is 11.8 Å². The lowest BCUT2D eigenvalue weighted by Gasteiger charge is -2.21. The average molecular weight is 323 g/mol. The highest BCUT2D eigenvalue weighted by molar-refractivity contribution is 5.97. The van der Waals surface area contributed by atoms with Gasteiger partial charge in [0.2, 0.25) is 5.91 Å². The first-order valence-electron chi connectivity index (χ1n) is 7.83. The molecule has 0 aliphatic heterocycles. The van der Waals surface area contributed by atoms with Crippen molar-refractivity contribution in [2.45, 2.75) is 19.9 Å². The monoisotopic (exact) mass is 323 g/mol. The fourth-order valence-corrected chi connectivity index (χ4v) is 2.25. The van der Waals surface area contributed by atoms with Crippen LogP contribution in [-0.4, -0.2) is 28.2 Å². The highest BCUT2D eigenvalue weighted by Crippen LogP contribution is 2.15. The van der Waals surface area contributed by atoms with Gasteiger partial charge in [-0.2, -0.15) is 0 Å². The van der Waals surface area contributed by atoms with E-state index < -0.39 is 0 Å². The fourth-order valence-electron chi connectivity index (χ4n) is 2.25. The maximum absolute atomic E-state index is 12.8. The SMILES string of the molecule is C=CCN(Cc1cccnc1)C(=O)c1cccc(NC(=O)CC)c1. The first kappa shape index (κ1) is 17.4. The third kappa shape index (κ3) is 4.78. The summed E-state index contributed by atoms with van der Waals surface area (Å²) in [5, 5.41) is 2.77. The minimum Gasteiger partial charge on any atom is -0.331 e. The van der Waals surface area contributed by atoms with Crippen LogP contribution in [0.2, 0.25) is 0 Å². The molecule has 0 radical (unpaired) electrons. The van der Waals surface area contributed by atoms with Gasteiger partial charge < -0.3 is 10.2 Å². The molecule has 0 saturated heterocycles. The highest BCUT2D eigenvalue weighted by Gasteiger charge is 2.15. The van der Waals surface area contributed by atoms with Crippen LogP contribution in [0.1, 0.15) is 29.3 Å². The minimum atomic E-state index is -0.119. The lowest BCUT2D eigenvalue weighted by Crippen LogP contribution is -2.30. The summed E-state index contributed by atoms with van der Waals surface area (Å²) in [5.74, 6) is -0.204. The number of carbonyl (C=O) groups is 2. The van der Waals surface area contributed by atoms with Gasteiger partial charge in [-0.25, -0.2) is 0 Å². The number of amides is 2. The molecule has 1 heterocycles. The quantitative estimate of drug-likeness (QED) is 0.796. The molecule has 2 aromatic rings. The zero-order valence-electron chi connectivity index (χ0n) is 13.7. The van der Waals surface area contributed by atoms with Gasteiger partial charge in [-0.3, -0.25) is 14.6 Å². The summed E-state index contributed by atoms with van der Waals surface area (Å²) in [7, 11) is 0. The Morgan fingerprint density at radius 1 is 1.29 bits per heavy atom. The zero-order valence-corrected chi connectivity index (χ0v) is 13.7. The number of pyridine rings is 1. The number of hydrogen-bond donors (Lipinski definition) is 1. The largest absolute Gasteiger partial charge is 0.331 e. The van der Waals surface area contributed by atoms with E-state index in [1.54, 1.807) is 54.6 Å². The summed E-state index contributed by atoms with van der Waals surface area (Å²) in [6.45, 7) is 6.38. The van der Waals surface area contributed by atoms with Crippen LogP contribution in [-0.2, 0) is 11.3 Å². The molecule has 0 saturated carbocycles. The molecular formula is C19H21N3O2. The normalized spacial score (nSPS) is 10.0. The van der Waals surface area contributed by atoms with Gasteiger partial charge in [0.1, 0.15) is 0 Å². The first-order chi connectivity index (χ1) is 11.6. The van der Waals surface area contributed by atoms with E-state index in [0.717, 1.165) is 5.56 Å². The zero-order chi connectivity index (χ0) is 17.4. The van der Waals surface area contributed by atoms with Gasteiger partial charge in [0.15, 0.2) is 0 Å². The molecule has 0 unspecified atom stereocenters. The van der Waals surface area contributed by atoms with Crippen LogP contribution in [0.5, 0.6) is 0 Å². The molecule has 0 fully saturated rings. The number of carbonyl (C=O) groups excluding carboxylic acids is 2. The fraction of sp³-hybridized carbons (Fsp3) is 0.211. The van der Waals surface area contributed by atoms with Crippen molar-refractivity contribution in [2.75, 3.05) is 11.9 Å². The van der Waals surface area contributed by atoms with E-state index in [4.69, 9.17) is 0 Å². The second-order valence-corrected chi connectivity index (χ2v) is 5.32. The predicted octanol–water partition coefficient (Wildman–Crippen LogP) is 3.26. The Morgan fingerprint density at radius 3 is 2.79 bits per heavy atom. The number of nitrogens with one attached hydrogen (secondary N) is 1. The number of nitrogens with zero attached hydrogens (tertiary/aromatic N) is 2. The highest BCUT2D eigenvalue weighted by atomic mass is 16.2.